The van der Waals surface area contributed by atoms with E-state index in [0.717, 1.165) is 37.1 Å². The van der Waals surface area contributed by atoms with Gasteiger partial charge in [0, 0.05) is 17.5 Å². The van der Waals surface area contributed by atoms with Crippen LogP contribution in [0.1, 0.15) is 32.6 Å². The number of carbonyl (C=O) groups excluding carboxylic acids is 1. The molecule has 3 atom stereocenters. The minimum Gasteiger partial charge on any atom is -0.490 e. The van der Waals surface area contributed by atoms with Crippen molar-refractivity contribution in [3.8, 4) is 5.75 Å². The first kappa shape index (κ1) is 15.9. The van der Waals surface area contributed by atoms with Gasteiger partial charge in [-0.15, -0.1) is 0 Å². The second-order valence-corrected chi connectivity index (χ2v) is 7.36. The molecule has 0 aromatic heterocycles. The number of hydrogen-bond acceptors (Lipinski definition) is 4. The van der Waals surface area contributed by atoms with Gasteiger partial charge in [-0.25, -0.2) is 0 Å². The van der Waals surface area contributed by atoms with Crippen LogP contribution >= 0.6 is 0 Å². The van der Waals surface area contributed by atoms with Gasteiger partial charge in [-0.3, -0.25) is 9.69 Å². The Labute approximate surface area is 143 Å². The molecule has 2 saturated heterocycles. The van der Waals surface area contributed by atoms with Crippen LogP contribution in [0.15, 0.2) is 24.3 Å². The Bertz CT molecular complexity index is 629. The monoisotopic (exact) mass is 330 g/mol. The van der Waals surface area contributed by atoms with Crippen molar-refractivity contribution in [2.75, 3.05) is 31.2 Å². The summed E-state index contributed by atoms with van der Waals surface area (Å²) in [5, 5.41) is 9.93. The molecule has 0 spiro atoms. The normalized spacial score (nSPS) is 31.8. The molecule has 1 aromatic rings. The lowest BCUT2D eigenvalue weighted by atomic mass is 9.72. The molecule has 3 heterocycles. The molecular weight excluding hydrogens is 304 g/mol. The van der Waals surface area contributed by atoms with Gasteiger partial charge >= 0.3 is 0 Å². The van der Waals surface area contributed by atoms with Crippen LogP contribution in [0.4, 0.5) is 5.69 Å². The van der Waals surface area contributed by atoms with Gasteiger partial charge in [-0.1, -0.05) is 19.1 Å². The number of fused-ring (bicyclic) bond motifs is 3. The van der Waals surface area contributed by atoms with Gasteiger partial charge in [0.25, 0.3) is 0 Å². The number of para-hydroxylation sites is 2. The number of ether oxygens (including phenoxy) is 1. The van der Waals surface area contributed by atoms with Crippen molar-refractivity contribution in [3.05, 3.63) is 24.3 Å². The van der Waals surface area contributed by atoms with Gasteiger partial charge in [0.05, 0.1) is 25.4 Å². The van der Waals surface area contributed by atoms with Gasteiger partial charge < -0.3 is 14.7 Å². The van der Waals surface area contributed by atoms with E-state index in [0.29, 0.717) is 31.8 Å². The maximum Gasteiger partial charge on any atom is 0.241 e. The summed E-state index contributed by atoms with van der Waals surface area (Å²) >= 11 is 0. The van der Waals surface area contributed by atoms with Gasteiger partial charge in [0.1, 0.15) is 12.4 Å². The molecule has 1 aromatic carbocycles. The van der Waals surface area contributed by atoms with E-state index in [-0.39, 0.29) is 17.9 Å². The molecule has 0 aliphatic carbocycles. The summed E-state index contributed by atoms with van der Waals surface area (Å²) in [5.74, 6) is 0.937. The van der Waals surface area contributed by atoms with Crippen LogP contribution in [0.3, 0.4) is 0 Å². The van der Waals surface area contributed by atoms with Crippen LogP contribution < -0.4 is 9.64 Å². The highest BCUT2D eigenvalue weighted by atomic mass is 16.5. The zero-order chi connectivity index (χ0) is 16.7. The highest BCUT2D eigenvalue weighted by Crippen LogP contribution is 2.51. The van der Waals surface area contributed by atoms with E-state index in [1.54, 1.807) is 0 Å². The van der Waals surface area contributed by atoms with Crippen LogP contribution in [0.2, 0.25) is 0 Å². The van der Waals surface area contributed by atoms with Crippen molar-refractivity contribution in [2.24, 2.45) is 5.41 Å². The van der Waals surface area contributed by atoms with E-state index >= 15 is 0 Å². The largest absolute Gasteiger partial charge is 0.490 e. The van der Waals surface area contributed by atoms with Gasteiger partial charge in [-0.05, 0) is 37.8 Å². The van der Waals surface area contributed by atoms with E-state index in [2.05, 4.69) is 11.8 Å². The molecule has 2 fully saturated rings. The molecule has 4 rings (SSSR count). The summed E-state index contributed by atoms with van der Waals surface area (Å²) in [5.41, 5.74) is 0.871. The van der Waals surface area contributed by atoms with E-state index in [1.807, 2.05) is 29.2 Å². The third-order valence-corrected chi connectivity index (χ3v) is 6.36. The van der Waals surface area contributed by atoms with Crippen molar-refractivity contribution in [2.45, 2.75) is 44.7 Å². The number of rotatable bonds is 4. The summed E-state index contributed by atoms with van der Waals surface area (Å²) in [6, 6.07) is 8.54. The van der Waals surface area contributed by atoms with Crippen molar-refractivity contribution in [1.29, 1.82) is 0 Å². The summed E-state index contributed by atoms with van der Waals surface area (Å²) in [6.07, 6.45) is 4.26. The Hall–Kier alpha value is -1.59. The molecule has 0 unspecified atom stereocenters. The molecule has 2 bridgehead atoms. The number of amides is 1. The Kier molecular flexibility index (Phi) is 4.01. The third kappa shape index (κ3) is 2.33. The lowest BCUT2D eigenvalue weighted by Gasteiger charge is -2.36. The Balaban J connectivity index is 1.52. The van der Waals surface area contributed by atoms with E-state index in [1.165, 1.54) is 0 Å². The molecule has 5 heteroatoms. The fourth-order valence-electron chi connectivity index (χ4n) is 4.99. The molecule has 5 nitrogen and oxygen atoms in total. The number of nitrogens with zero attached hydrogens (tertiary/aromatic N) is 2. The maximum atomic E-state index is 13.0. The van der Waals surface area contributed by atoms with Crippen LogP contribution in [-0.2, 0) is 4.79 Å². The van der Waals surface area contributed by atoms with Crippen LogP contribution in [0.25, 0.3) is 0 Å². The average Bonchev–Trinajstić information content (AvgIpc) is 3.16. The van der Waals surface area contributed by atoms with Gasteiger partial charge in [0.15, 0.2) is 0 Å². The number of aliphatic hydroxyl groups excluding tert-OH is 1. The highest BCUT2D eigenvalue weighted by molar-refractivity contribution is 5.96. The summed E-state index contributed by atoms with van der Waals surface area (Å²) < 4.78 is 5.66. The number of hydrogen-bond donors (Lipinski definition) is 1. The molecule has 3 aliphatic rings. The number of carbonyl (C=O) groups is 1. The van der Waals surface area contributed by atoms with Crippen LogP contribution in [0.5, 0.6) is 5.75 Å². The highest BCUT2D eigenvalue weighted by Gasteiger charge is 2.55. The van der Waals surface area contributed by atoms with E-state index in [9.17, 15) is 9.90 Å². The number of benzene rings is 1. The standard InChI is InChI=1S/C19H26N2O3/c1-2-19(13-22)11-14-7-8-17(19)21(14)12-18(23)20-9-10-24-16-6-4-3-5-15(16)20/h3-6,14,17,22H,2,7-13H2,1H3/t14-,17+,19-/m1/s1. The van der Waals surface area contributed by atoms with Crippen molar-refractivity contribution < 1.29 is 14.6 Å². The summed E-state index contributed by atoms with van der Waals surface area (Å²) in [7, 11) is 0. The van der Waals surface area contributed by atoms with Gasteiger partial charge in [0.2, 0.25) is 5.91 Å². The molecule has 1 amide bonds. The maximum absolute atomic E-state index is 13.0. The third-order valence-electron chi connectivity index (χ3n) is 6.36. The first-order chi connectivity index (χ1) is 11.7. The van der Waals surface area contributed by atoms with Crippen molar-refractivity contribution in [3.63, 3.8) is 0 Å². The number of aliphatic hydroxyl groups is 1. The quantitative estimate of drug-likeness (QED) is 0.918. The van der Waals surface area contributed by atoms with E-state index in [4.69, 9.17) is 4.74 Å². The van der Waals surface area contributed by atoms with Crippen molar-refractivity contribution >= 4 is 11.6 Å². The zero-order valence-electron chi connectivity index (χ0n) is 14.3. The smallest absolute Gasteiger partial charge is 0.241 e. The topological polar surface area (TPSA) is 53.0 Å². The second kappa shape index (κ2) is 6.05. The first-order valence-corrected chi connectivity index (χ1v) is 9.07. The molecule has 24 heavy (non-hydrogen) atoms. The predicted octanol–water partition coefficient (Wildman–Crippen LogP) is 2.04. The SMILES string of the molecule is CC[C@]1(CO)C[C@H]2CC[C@@H]1N2CC(=O)N1CCOc2ccccc21. The Morgan fingerprint density at radius 2 is 2.21 bits per heavy atom. The lowest BCUT2D eigenvalue weighted by Crippen LogP contribution is -2.47. The van der Waals surface area contributed by atoms with Crippen LogP contribution in [-0.4, -0.2) is 54.3 Å². The van der Waals surface area contributed by atoms with E-state index < -0.39 is 0 Å². The fraction of sp³-hybridized carbons (Fsp3) is 0.632. The molecule has 3 aliphatic heterocycles. The Morgan fingerprint density at radius 1 is 1.38 bits per heavy atom. The molecule has 130 valence electrons. The molecular formula is C19H26N2O3. The summed E-state index contributed by atoms with van der Waals surface area (Å²) in [6.45, 7) is 4.00. The van der Waals surface area contributed by atoms with Crippen LogP contribution in [0, 0.1) is 5.41 Å². The van der Waals surface area contributed by atoms with Crippen molar-refractivity contribution in [1.82, 2.24) is 4.90 Å². The first-order valence-electron chi connectivity index (χ1n) is 9.07. The minimum atomic E-state index is -0.00782. The molecule has 0 saturated carbocycles. The molecule has 0 radical (unpaired) electrons. The second-order valence-electron chi connectivity index (χ2n) is 7.36. The summed E-state index contributed by atoms with van der Waals surface area (Å²) in [4.78, 5) is 17.2. The Morgan fingerprint density at radius 3 is 2.96 bits per heavy atom. The zero-order valence-corrected chi connectivity index (χ0v) is 14.3. The molecule has 1 N–H and O–H groups in total. The number of anilines is 1. The lowest BCUT2D eigenvalue weighted by molar-refractivity contribution is -0.120. The minimum absolute atomic E-state index is 0.00782. The van der Waals surface area contributed by atoms with Gasteiger partial charge in [-0.2, -0.15) is 0 Å². The fourth-order valence-corrected chi connectivity index (χ4v) is 4.99. The average molecular weight is 330 g/mol. The predicted molar refractivity (Wildman–Crippen MR) is 92.2 cm³/mol.